The number of rotatable bonds is 2. The largest absolute Gasteiger partial charge is 0.387 e. The second-order valence-corrected chi connectivity index (χ2v) is 1.81. The van der Waals surface area contributed by atoms with Gasteiger partial charge in [-0.2, -0.15) is 4.91 Å². The first-order chi connectivity index (χ1) is 4.43. The first kappa shape index (κ1) is 6.01. The molecule has 0 fully saturated rings. The lowest BCUT2D eigenvalue weighted by molar-refractivity contribution is 0.945. The minimum absolute atomic E-state index is 0.290. The van der Waals surface area contributed by atoms with E-state index in [-0.39, 0.29) is 6.54 Å². The molecule has 3 nitrogen and oxygen atoms in total. The first-order valence-corrected chi connectivity index (χ1v) is 2.81. The van der Waals surface area contributed by atoms with E-state index in [1.54, 1.807) is 0 Å². The molecule has 1 aliphatic rings. The maximum atomic E-state index is 9.73. The summed E-state index contributed by atoms with van der Waals surface area (Å²) in [7, 11) is 0. The van der Waals surface area contributed by atoms with Crippen molar-refractivity contribution in [1.29, 1.82) is 0 Å². The number of hydrogen-bond acceptors (Lipinski definition) is 3. The summed E-state index contributed by atoms with van der Waals surface area (Å²) in [6.45, 7) is 1.10. The van der Waals surface area contributed by atoms with Gasteiger partial charge < -0.3 is 5.32 Å². The van der Waals surface area contributed by atoms with E-state index in [1.165, 1.54) is 0 Å². The second-order valence-electron chi connectivity index (χ2n) is 1.81. The molecule has 0 amide bonds. The second kappa shape index (κ2) is 3.02. The molecule has 9 heavy (non-hydrogen) atoms. The summed E-state index contributed by atoms with van der Waals surface area (Å²) in [6.07, 6.45) is 5.62. The van der Waals surface area contributed by atoms with E-state index in [1.807, 2.05) is 18.4 Å². The van der Waals surface area contributed by atoms with Crippen molar-refractivity contribution in [2.75, 3.05) is 13.1 Å². The zero-order chi connectivity index (χ0) is 6.53. The Balaban J connectivity index is 2.47. The molecular formula is C6H8N2O. The van der Waals surface area contributed by atoms with Gasteiger partial charge in [0.1, 0.15) is 6.54 Å². The molecule has 0 aromatic rings. The van der Waals surface area contributed by atoms with E-state index < -0.39 is 0 Å². The molecule has 1 aliphatic heterocycles. The third-order valence-corrected chi connectivity index (χ3v) is 1.14. The van der Waals surface area contributed by atoms with Crippen LogP contribution in [0.25, 0.3) is 0 Å². The molecule has 48 valence electrons. The molecule has 1 rings (SSSR count). The van der Waals surface area contributed by atoms with Crippen molar-refractivity contribution in [2.24, 2.45) is 5.18 Å². The maximum absolute atomic E-state index is 9.73. The molecule has 0 bridgehead atoms. The minimum Gasteiger partial charge on any atom is -0.387 e. The topological polar surface area (TPSA) is 41.5 Å². The highest BCUT2D eigenvalue weighted by atomic mass is 16.3. The molecule has 0 aromatic carbocycles. The highest BCUT2D eigenvalue weighted by Crippen LogP contribution is 1.99. The van der Waals surface area contributed by atoms with Gasteiger partial charge in [0, 0.05) is 6.54 Å². The van der Waals surface area contributed by atoms with Gasteiger partial charge >= 0.3 is 0 Å². The van der Waals surface area contributed by atoms with Gasteiger partial charge in [-0.05, 0) is 17.8 Å². The Labute approximate surface area is 53.4 Å². The Bertz CT molecular complexity index is 160. The standard InChI is InChI=1S/C6H8N2O/c9-8-5-6-1-3-7-4-2-6/h1-3,7H,4-5H2. The van der Waals surface area contributed by atoms with Gasteiger partial charge in [-0.25, -0.2) is 0 Å². The van der Waals surface area contributed by atoms with Crippen molar-refractivity contribution >= 4 is 0 Å². The van der Waals surface area contributed by atoms with Crippen LogP contribution in [0.4, 0.5) is 0 Å². The molecule has 3 heteroatoms. The molecule has 1 heterocycles. The van der Waals surface area contributed by atoms with Crippen LogP contribution in [0, 0.1) is 4.91 Å². The first-order valence-electron chi connectivity index (χ1n) is 2.81. The predicted molar refractivity (Wildman–Crippen MR) is 35.9 cm³/mol. The van der Waals surface area contributed by atoms with E-state index >= 15 is 0 Å². The van der Waals surface area contributed by atoms with E-state index in [9.17, 15) is 4.91 Å². The molecular weight excluding hydrogens is 116 g/mol. The fourth-order valence-electron chi connectivity index (χ4n) is 0.684. The Hall–Kier alpha value is -1.12. The van der Waals surface area contributed by atoms with Crippen LogP contribution in [0.2, 0.25) is 0 Å². The fourth-order valence-corrected chi connectivity index (χ4v) is 0.684. The monoisotopic (exact) mass is 124 g/mol. The lowest BCUT2D eigenvalue weighted by Gasteiger charge is -2.02. The van der Waals surface area contributed by atoms with Crippen LogP contribution in [0.15, 0.2) is 29.1 Å². The van der Waals surface area contributed by atoms with Gasteiger partial charge in [0.05, 0.1) is 0 Å². The SMILES string of the molecule is O=NCC1=CCNC=C1. The van der Waals surface area contributed by atoms with Crippen LogP contribution < -0.4 is 5.32 Å². The third-order valence-electron chi connectivity index (χ3n) is 1.14. The molecule has 0 aromatic heterocycles. The quantitative estimate of drug-likeness (QED) is 0.553. The summed E-state index contributed by atoms with van der Waals surface area (Å²) in [6, 6.07) is 0. The summed E-state index contributed by atoms with van der Waals surface area (Å²) in [5.74, 6) is 0. The van der Waals surface area contributed by atoms with Gasteiger partial charge in [-0.1, -0.05) is 11.3 Å². The smallest absolute Gasteiger partial charge is 0.106 e. The lowest BCUT2D eigenvalue weighted by atomic mass is 10.2. The summed E-state index contributed by atoms with van der Waals surface area (Å²) < 4.78 is 0. The van der Waals surface area contributed by atoms with Crippen LogP contribution in [0.5, 0.6) is 0 Å². The Morgan fingerprint density at radius 1 is 1.78 bits per heavy atom. The highest BCUT2D eigenvalue weighted by Gasteiger charge is 1.93. The summed E-state index contributed by atoms with van der Waals surface area (Å²) >= 11 is 0. The van der Waals surface area contributed by atoms with Crippen LogP contribution in [0.3, 0.4) is 0 Å². The molecule has 0 spiro atoms. The number of nitrogens with one attached hydrogen (secondary N) is 1. The fraction of sp³-hybridized carbons (Fsp3) is 0.333. The average Bonchev–Trinajstić information content (AvgIpc) is 1.91. The van der Waals surface area contributed by atoms with Crippen molar-refractivity contribution in [3.8, 4) is 0 Å². The van der Waals surface area contributed by atoms with Gasteiger partial charge in [0.25, 0.3) is 0 Å². The molecule has 0 saturated heterocycles. The normalized spacial score (nSPS) is 16.2. The zero-order valence-electron chi connectivity index (χ0n) is 5.00. The molecule has 0 atom stereocenters. The lowest BCUT2D eigenvalue weighted by Crippen LogP contribution is -2.09. The van der Waals surface area contributed by atoms with Crippen molar-refractivity contribution in [3.63, 3.8) is 0 Å². The number of nitroso groups, excluding NO2 is 1. The predicted octanol–water partition coefficient (Wildman–Crippen LogP) is 0.796. The third kappa shape index (κ3) is 1.68. The molecule has 0 radical (unpaired) electrons. The summed E-state index contributed by atoms with van der Waals surface area (Å²) in [5.41, 5.74) is 0.990. The van der Waals surface area contributed by atoms with E-state index in [2.05, 4.69) is 10.5 Å². The molecule has 0 saturated carbocycles. The molecule has 1 N–H and O–H groups in total. The van der Waals surface area contributed by atoms with E-state index in [0.29, 0.717) is 0 Å². The molecule has 0 aliphatic carbocycles. The van der Waals surface area contributed by atoms with Gasteiger partial charge in [0.2, 0.25) is 0 Å². The van der Waals surface area contributed by atoms with Gasteiger partial charge in [0.15, 0.2) is 0 Å². The van der Waals surface area contributed by atoms with Crippen LogP contribution >= 0.6 is 0 Å². The Morgan fingerprint density at radius 3 is 3.22 bits per heavy atom. The van der Waals surface area contributed by atoms with Crippen LogP contribution in [0.1, 0.15) is 0 Å². The Kier molecular flexibility index (Phi) is 2.01. The number of hydrogen-bond donors (Lipinski definition) is 1. The summed E-state index contributed by atoms with van der Waals surface area (Å²) in [5, 5.41) is 5.73. The zero-order valence-corrected chi connectivity index (χ0v) is 5.00. The van der Waals surface area contributed by atoms with Crippen LogP contribution in [-0.4, -0.2) is 13.1 Å². The van der Waals surface area contributed by atoms with E-state index in [0.717, 1.165) is 12.1 Å². The maximum Gasteiger partial charge on any atom is 0.106 e. The van der Waals surface area contributed by atoms with E-state index in [4.69, 9.17) is 0 Å². The number of nitrogens with zero attached hydrogens (tertiary/aromatic N) is 1. The highest BCUT2D eigenvalue weighted by molar-refractivity contribution is 5.23. The average molecular weight is 124 g/mol. The van der Waals surface area contributed by atoms with Gasteiger partial charge in [-0.3, -0.25) is 0 Å². The minimum atomic E-state index is 0.290. The Morgan fingerprint density at radius 2 is 2.67 bits per heavy atom. The van der Waals surface area contributed by atoms with Crippen molar-refractivity contribution < 1.29 is 0 Å². The van der Waals surface area contributed by atoms with Crippen molar-refractivity contribution in [1.82, 2.24) is 5.32 Å². The van der Waals surface area contributed by atoms with Crippen molar-refractivity contribution in [2.45, 2.75) is 0 Å². The van der Waals surface area contributed by atoms with Crippen molar-refractivity contribution in [3.05, 3.63) is 28.8 Å². The summed E-state index contributed by atoms with van der Waals surface area (Å²) in [4.78, 5) is 9.73. The molecule has 0 unspecified atom stereocenters. The van der Waals surface area contributed by atoms with Crippen LogP contribution in [-0.2, 0) is 0 Å². The number of dihydropyridines is 1. The van der Waals surface area contributed by atoms with Gasteiger partial charge in [-0.15, -0.1) is 0 Å².